The van der Waals surface area contributed by atoms with Crippen molar-refractivity contribution >= 4 is 12.4 Å². The van der Waals surface area contributed by atoms with Crippen LogP contribution in [0.25, 0.3) is 0 Å². The van der Waals surface area contributed by atoms with Crippen LogP contribution in [0, 0.1) is 17.5 Å². The van der Waals surface area contributed by atoms with Crippen LogP contribution < -0.4 is 5.32 Å². The number of hydrogen-bond donors (Lipinski definition) is 1. The van der Waals surface area contributed by atoms with Crippen molar-refractivity contribution in [2.45, 2.75) is 31.7 Å². The Kier molecular flexibility index (Phi) is 8.66. The van der Waals surface area contributed by atoms with Gasteiger partial charge in [-0.2, -0.15) is 0 Å². The van der Waals surface area contributed by atoms with Crippen LogP contribution in [0.4, 0.5) is 13.2 Å². The number of nitrogens with zero attached hydrogens (tertiary/aromatic N) is 1. The van der Waals surface area contributed by atoms with Gasteiger partial charge in [-0.05, 0) is 25.3 Å². The molecule has 1 aliphatic rings. The second kappa shape index (κ2) is 9.96. The van der Waals surface area contributed by atoms with E-state index in [2.05, 4.69) is 16.8 Å². The fraction of sp³-hybridized carbons (Fsp3) is 0.529. The van der Waals surface area contributed by atoms with Gasteiger partial charge in [-0.25, -0.2) is 13.2 Å². The Balaban J connectivity index is 0.00000264. The van der Waals surface area contributed by atoms with Crippen LogP contribution >= 0.6 is 12.4 Å². The number of hydrogen-bond acceptors (Lipinski definition) is 2. The maximum absolute atomic E-state index is 14.2. The molecule has 1 aliphatic heterocycles. The van der Waals surface area contributed by atoms with E-state index in [0.717, 1.165) is 51.5 Å². The summed E-state index contributed by atoms with van der Waals surface area (Å²) < 4.78 is 41.2. The molecule has 0 unspecified atom stereocenters. The Morgan fingerprint density at radius 1 is 1.17 bits per heavy atom. The van der Waals surface area contributed by atoms with Crippen molar-refractivity contribution in [2.75, 3.05) is 26.2 Å². The van der Waals surface area contributed by atoms with Crippen LogP contribution in [0.5, 0.6) is 0 Å². The first-order valence-electron chi connectivity index (χ1n) is 7.83. The van der Waals surface area contributed by atoms with Crippen molar-refractivity contribution in [1.29, 1.82) is 0 Å². The summed E-state index contributed by atoms with van der Waals surface area (Å²) in [5, 5.41) is 3.24. The first kappa shape index (κ1) is 20.0. The Morgan fingerprint density at radius 2 is 1.87 bits per heavy atom. The minimum absolute atomic E-state index is 0. The van der Waals surface area contributed by atoms with E-state index in [1.807, 2.05) is 6.08 Å². The van der Waals surface area contributed by atoms with Gasteiger partial charge in [0.1, 0.15) is 5.82 Å². The molecule has 0 aliphatic carbocycles. The highest BCUT2D eigenvalue weighted by molar-refractivity contribution is 5.85. The Bertz CT molecular complexity index is 505. The third-order valence-corrected chi connectivity index (χ3v) is 4.11. The van der Waals surface area contributed by atoms with Gasteiger partial charge >= 0.3 is 0 Å². The van der Waals surface area contributed by atoms with Crippen LogP contribution in [0.1, 0.15) is 37.3 Å². The van der Waals surface area contributed by atoms with Gasteiger partial charge in [0.2, 0.25) is 0 Å². The smallest absolute Gasteiger partial charge is 0.163 e. The van der Waals surface area contributed by atoms with Crippen molar-refractivity contribution < 1.29 is 13.2 Å². The summed E-state index contributed by atoms with van der Waals surface area (Å²) in [6.07, 6.45) is 5.26. The molecule has 1 heterocycles. The van der Waals surface area contributed by atoms with Gasteiger partial charge in [-0.3, -0.25) is 4.90 Å². The fourth-order valence-corrected chi connectivity index (χ4v) is 2.97. The van der Waals surface area contributed by atoms with E-state index in [4.69, 9.17) is 0 Å². The molecule has 1 saturated heterocycles. The van der Waals surface area contributed by atoms with Crippen LogP contribution in [-0.4, -0.2) is 31.1 Å². The summed E-state index contributed by atoms with van der Waals surface area (Å²) in [7, 11) is 0. The zero-order valence-electron chi connectivity index (χ0n) is 13.2. The molecule has 130 valence electrons. The third-order valence-electron chi connectivity index (χ3n) is 4.11. The molecule has 0 amide bonds. The Labute approximate surface area is 142 Å². The van der Waals surface area contributed by atoms with Crippen LogP contribution in [0.3, 0.4) is 0 Å². The average Bonchev–Trinajstić information content (AvgIpc) is 2.52. The summed E-state index contributed by atoms with van der Waals surface area (Å²) in [5.41, 5.74) is 0.137. The second-order valence-electron chi connectivity index (χ2n) is 5.67. The van der Waals surface area contributed by atoms with Crippen LogP contribution in [0.2, 0.25) is 0 Å². The third kappa shape index (κ3) is 5.52. The van der Waals surface area contributed by atoms with Gasteiger partial charge in [0.25, 0.3) is 0 Å². The van der Waals surface area contributed by atoms with E-state index < -0.39 is 17.5 Å². The summed E-state index contributed by atoms with van der Waals surface area (Å²) in [4.78, 5) is 2.11. The SMILES string of the molecule is C=CCCCC[C@H](c1cc(F)cc(F)c1F)N1CCNCC1.Cl. The lowest BCUT2D eigenvalue weighted by atomic mass is 9.97. The largest absolute Gasteiger partial charge is 0.314 e. The topological polar surface area (TPSA) is 15.3 Å². The number of nitrogens with one attached hydrogen (secondary N) is 1. The number of benzene rings is 1. The zero-order chi connectivity index (χ0) is 15.9. The second-order valence-corrected chi connectivity index (χ2v) is 5.67. The van der Waals surface area contributed by atoms with E-state index in [1.165, 1.54) is 0 Å². The lowest BCUT2D eigenvalue weighted by Crippen LogP contribution is -2.45. The van der Waals surface area contributed by atoms with Crippen molar-refractivity contribution in [3.8, 4) is 0 Å². The molecule has 1 fully saturated rings. The maximum Gasteiger partial charge on any atom is 0.163 e. The molecule has 1 atom stereocenters. The minimum Gasteiger partial charge on any atom is -0.314 e. The van der Waals surface area contributed by atoms with Gasteiger partial charge in [-0.15, -0.1) is 19.0 Å². The molecule has 0 bridgehead atoms. The molecule has 1 N–H and O–H groups in total. The first-order chi connectivity index (χ1) is 10.6. The highest BCUT2D eigenvalue weighted by Gasteiger charge is 2.26. The van der Waals surface area contributed by atoms with E-state index in [-0.39, 0.29) is 24.0 Å². The molecule has 2 nitrogen and oxygen atoms in total. The number of allylic oxidation sites excluding steroid dienone is 1. The Morgan fingerprint density at radius 3 is 2.52 bits per heavy atom. The molecular formula is C17H24ClF3N2. The quantitative estimate of drug-likeness (QED) is 0.451. The van der Waals surface area contributed by atoms with Crippen molar-refractivity contribution in [2.24, 2.45) is 0 Å². The van der Waals surface area contributed by atoms with E-state index in [9.17, 15) is 13.2 Å². The average molecular weight is 349 g/mol. The molecule has 1 aromatic rings. The van der Waals surface area contributed by atoms with Crippen molar-refractivity contribution in [1.82, 2.24) is 10.2 Å². The molecular weight excluding hydrogens is 325 g/mol. The van der Waals surface area contributed by atoms with Crippen LogP contribution in [0.15, 0.2) is 24.8 Å². The predicted molar refractivity (Wildman–Crippen MR) is 89.4 cm³/mol. The monoisotopic (exact) mass is 348 g/mol. The van der Waals surface area contributed by atoms with Gasteiger partial charge in [0.15, 0.2) is 11.6 Å². The minimum atomic E-state index is -1.11. The molecule has 0 spiro atoms. The van der Waals surface area contributed by atoms with Crippen molar-refractivity contribution in [3.05, 3.63) is 47.8 Å². The first-order valence-corrected chi connectivity index (χ1v) is 7.83. The standard InChI is InChI=1S/C17H23F3N2.ClH/c1-2-3-4-5-6-16(22-9-7-21-8-10-22)14-11-13(18)12-15(19)17(14)20;/h2,11-12,16,21H,1,3-10H2;1H/t16-;/m1./s1. The highest BCUT2D eigenvalue weighted by Crippen LogP contribution is 2.30. The summed E-state index contributed by atoms with van der Waals surface area (Å²) in [6, 6.07) is 1.46. The van der Waals surface area contributed by atoms with Crippen LogP contribution in [-0.2, 0) is 0 Å². The Hall–Kier alpha value is -1.04. The molecule has 1 aromatic carbocycles. The lowest BCUT2D eigenvalue weighted by molar-refractivity contribution is 0.158. The number of rotatable bonds is 7. The van der Waals surface area contributed by atoms with Gasteiger partial charge < -0.3 is 5.32 Å². The highest BCUT2D eigenvalue weighted by atomic mass is 35.5. The summed E-state index contributed by atoms with van der Waals surface area (Å²) in [6.45, 7) is 6.81. The van der Waals surface area contributed by atoms with E-state index >= 15 is 0 Å². The molecule has 0 saturated carbocycles. The van der Waals surface area contributed by atoms with Gasteiger partial charge in [0, 0.05) is 43.9 Å². The molecule has 2 rings (SSSR count). The fourth-order valence-electron chi connectivity index (χ4n) is 2.97. The van der Waals surface area contributed by atoms with Gasteiger partial charge in [0.05, 0.1) is 0 Å². The zero-order valence-corrected chi connectivity index (χ0v) is 14.0. The van der Waals surface area contributed by atoms with Crippen molar-refractivity contribution in [3.63, 3.8) is 0 Å². The number of piperazine rings is 1. The maximum atomic E-state index is 14.2. The molecule has 6 heteroatoms. The molecule has 0 aromatic heterocycles. The van der Waals surface area contributed by atoms with E-state index in [1.54, 1.807) is 0 Å². The lowest BCUT2D eigenvalue weighted by Gasteiger charge is -2.35. The molecule has 23 heavy (non-hydrogen) atoms. The number of halogens is 4. The van der Waals surface area contributed by atoms with E-state index in [0.29, 0.717) is 12.5 Å². The summed E-state index contributed by atoms with van der Waals surface area (Å²) in [5.74, 6) is -2.75. The van der Waals surface area contributed by atoms with Gasteiger partial charge in [-0.1, -0.05) is 12.5 Å². The number of unbranched alkanes of at least 4 members (excludes halogenated alkanes) is 2. The predicted octanol–water partition coefficient (Wildman–Crippen LogP) is 4.22. The summed E-state index contributed by atoms with van der Waals surface area (Å²) >= 11 is 0. The molecule has 0 radical (unpaired) electrons. The normalized spacial score (nSPS) is 16.7.